The van der Waals surface area contributed by atoms with E-state index in [4.69, 9.17) is 9.15 Å². The first-order chi connectivity index (χ1) is 9.72. The minimum Gasteiger partial charge on any atom is -0.468 e. The van der Waals surface area contributed by atoms with E-state index in [2.05, 4.69) is 32.2 Å². The van der Waals surface area contributed by atoms with Crippen LogP contribution in [0.1, 0.15) is 64.7 Å². The van der Waals surface area contributed by atoms with Crippen LogP contribution in [0.3, 0.4) is 0 Å². The van der Waals surface area contributed by atoms with Crippen LogP contribution >= 0.6 is 0 Å². The van der Waals surface area contributed by atoms with Gasteiger partial charge in [-0.05, 0) is 63.6 Å². The Hall–Kier alpha value is -0.800. The van der Waals surface area contributed by atoms with Crippen molar-refractivity contribution in [1.82, 2.24) is 5.32 Å². The molecule has 0 aliphatic heterocycles. The number of hydrogen-bond acceptors (Lipinski definition) is 3. The Morgan fingerprint density at radius 1 is 1.40 bits per heavy atom. The largest absolute Gasteiger partial charge is 0.468 e. The average Bonchev–Trinajstić information content (AvgIpc) is 2.97. The van der Waals surface area contributed by atoms with E-state index in [0.717, 1.165) is 44.1 Å². The van der Waals surface area contributed by atoms with Gasteiger partial charge in [0.05, 0.1) is 17.9 Å². The van der Waals surface area contributed by atoms with Gasteiger partial charge >= 0.3 is 0 Å². The van der Waals surface area contributed by atoms with Gasteiger partial charge in [0, 0.05) is 6.61 Å². The summed E-state index contributed by atoms with van der Waals surface area (Å²) in [7, 11) is 0. The van der Waals surface area contributed by atoms with Crippen molar-refractivity contribution >= 4 is 0 Å². The molecule has 114 valence electrons. The summed E-state index contributed by atoms with van der Waals surface area (Å²) in [6.07, 6.45) is 7.60. The first-order valence-electron chi connectivity index (χ1n) is 8.12. The smallest absolute Gasteiger partial charge is 0.123 e. The predicted octanol–water partition coefficient (Wildman–Crippen LogP) is 4.31. The number of rotatable bonds is 7. The molecule has 0 spiro atoms. The third-order valence-electron chi connectivity index (χ3n) is 4.50. The lowest BCUT2D eigenvalue weighted by atomic mass is 9.74. The molecular formula is C17H29NO2. The first kappa shape index (κ1) is 15.6. The van der Waals surface area contributed by atoms with E-state index in [9.17, 15) is 0 Å². The molecule has 1 N–H and O–H groups in total. The molecule has 1 aliphatic carbocycles. The van der Waals surface area contributed by atoms with Crippen LogP contribution in [0.4, 0.5) is 0 Å². The molecule has 0 radical (unpaired) electrons. The van der Waals surface area contributed by atoms with Gasteiger partial charge in [-0.3, -0.25) is 0 Å². The van der Waals surface area contributed by atoms with E-state index >= 15 is 0 Å². The van der Waals surface area contributed by atoms with Crippen molar-refractivity contribution < 1.29 is 9.15 Å². The summed E-state index contributed by atoms with van der Waals surface area (Å²) in [4.78, 5) is 0. The zero-order valence-electron chi connectivity index (χ0n) is 13.2. The molecule has 1 aliphatic rings. The summed E-state index contributed by atoms with van der Waals surface area (Å²) in [5.41, 5.74) is -0.103. The van der Waals surface area contributed by atoms with Gasteiger partial charge in [-0.15, -0.1) is 0 Å². The molecule has 1 atom stereocenters. The summed E-state index contributed by atoms with van der Waals surface area (Å²) in [6.45, 7) is 8.40. The van der Waals surface area contributed by atoms with E-state index in [1.165, 1.54) is 12.8 Å². The zero-order valence-corrected chi connectivity index (χ0v) is 13.2. The zero-order chi connectivity index (χ0) is 14.4. The topological polar surface area (TPSA) is 34.4 Å². The molecule has 2 rings (SSSR count). The molecule has 0 bridgehead atoms. The summed E-state index contributed by atoms with van der Waals surface area (Å²) in [5.74, 6) is 1.83. The molecule has 1 saturated carbocycles. The Bertz CT molecular complexity index is 366. The van der Waals surface area contributed by atoms with E-state index < -0.39 is 0 Å². The number of furan rings is 1. The first-order valence-corrected chi connectivity index (χ1v) is 8.12. The van der Waals surface area contributed by atoms with Gasteiger partial charge in [-0.1, -0.05) is 13.8 Å². The fourth-order valence-corrected chi connectivity index (χ4v) is 3.34. The summed E-state index contributed by atoms with van der Waals surface area (Å²) in [6, 6.07) is 4.22. The monoisotopic (exact) mass is 279 g/mol. The molecule has 1 fully saturated rings. The Morgan fingerprint density at radius 3 is 2.70 bits per heavy atom. The highest BCUT2D eigenvalue weighted by molar-refractivity contribution is 5.12. The molecule has 0 amide bonds. The SMILES string of the molecule is CCCNC(c1ccco1)C1(OCC)CCC(C)CC1. The highest BCUT2D eigenvalue weighted by Gasteiger charge is 2.43. The lowest BCUT2D eigenvalue weighted by Crippen LogP contribution is -2.48. The van der Waals surface area contributed by atoms with Crippen molar-refractivity contribution in [3.8, 4) is 0 Å². The summed E-state index contributed by atoms with van der Waals surface area (Å²) in [5, 5.41) is 3.66. The second-order valence-corrected chi connectivity index (χ2v) is 6.08. The van der Waals surface area contributed by atoms with Crippen molar-refractivity contribution in [1.29, 1.82) is 0 Å². The lowest BCUT2D eigenvalue weighted by Gasteiger charge is -2.44. The van der Waals surface area contributed by atoms with Crippen LogP contribution < -0.4 is 5.32 Å². The maximum absolute atomic E-state index is 6.28. The van der Waals surface area contributed by atoms with Crippen molar-refractivity contribution in [3.05, 3.63) is 24.2 Å². The van der Waals surface area contributed by atoms with Crippen LogP contribution in [0, 0.1) is 5.92 Å². The quantitative estimate of drug-likeness (QED) is 0.808. The maximum Gasteiger partial charge on any atom is 0.123 e. The normalized spacial score (nSPS) is 28.4. The van der Waals surface area contributed by atoms with E-state index in [1.54, 1.807) is 6.26 Å². The Morgan fingerprint density at radius 2 is 2.15 bits per heavy atom. The summed E-state index contributed by atoms with van der Waals surface area (Å²) < 4.78 is 12.0. The maximum atomic E-state index is 6.28. The van der Waals surface area contributed by atoms with Crippen LogP contribution in [0.5, 0.6) is 0 Å². The van der Waals surface area contributed by atoms with E-state index in [0.29, 0.717) is 0 Å². The third kappa shape index (κ3) is 3.44. The Balaban J connectivity index is 2.22. The van der Waals surface area contributed by atoms with E-state index in [1.807, 2.05) is 6.07 Å². The van der Waals surface area contributed by atoms with Crippen molar-refractivity contribution in [2.75, 3.05) is 13.2 Å². The van der Waals surface area contributed by atoms with E-state index in [-0.39, 0.29) is 11.6 Å². The fraction of sp³-hybridized carbons (Fsp3) is 0.765. The number of ether oxygens (including phenoxy) is 1. The van der Waals surface area contributed by atoms with Gasteiger partial charge in [0.1, 0.15) is 5.76 Å². The molecule has 3 heteroatoms. The van der Waals surface area contributed by atoms with Gasteiger partial charge in [0.25, 0.3) is 0 Å². The van der Waals surface area contributed by atoms with Gasteiger partial charge < -0.3 is 14.5 Å². The average molecular weight is 279 g/mol. The Kier molecular flexibility index (Phi) is 5.67. The second kappa shape index (κ2) is 7.28. The van der Waals surface area contributed by atoms with Crippen LogP contribution in [0.25, 0.3) is 0 Å². The minimum absolute atomic E-state index is 0.103. The van der Waals surface area contributed by atoms with Gasteiger partial charge in [0.15, 0.2) is 0 Å². The van der Waals surface area contributed by atoms with Gasteiger partial charge in [-0.25, -0.2) is 0 Å². The van der Waals surface area contributed by atoms with Crippen LogP contribution in [0.15, 0.2) is 22.8 Å². The van der Waals surface area contributed by atoms with Crippen molar-refractivity contribution in [2.45, 2.75) is 64.5 Å². The van der Waals surface area contributed by atoms with Crippen molar-refractivity contribution in [3.63, 3.8) is 0 Å². The second-order valence-electron chi connectivity index (χ2n) is 6.08. The fourth-order valence-electron chi connectivity index (χ4n) is 3.34. The number of hydrogen-bond donors (Lipinski definition) is 1. The highest BCUT2D eigenvalue weighted by atomic mass is 16.5. The van der Waals surface area contributed by atoms with Crippen molar-refractivity contribution in [2.24, 2.45) is 5.92 Å². The molecule has 0 aromatic carbocycles. The molecule has 20 heavy (non-hydrogen) atoms. The lowest BCUT2D eigenvalue weighted by molar-refractivity contribution is -0.101. The van der Waals surface area contributed by atoms with Gasteiger partial charge in [0.2, 0.25) is 0 Å². The molecule has 1 aromatic rings. The third-order valence-corrected chi connectivity index (χ3v) is 4.50. The minimum atomic E-state index is -0.103. The summed E-state index contributed by atoms with van der Waals surface area (Å²) >= 11 is 0. The van der Waals surface area contributed by atoms with Crippen LogP contribution in [-0.2, 0) is 4.74 Å². The molecule has 3 nitrogen and oxygen atoms in total. The predicted molar refractivity (Wildman–Crippen MR) is 81.7 cm³/mol. The van der Waals surface area contributed by atoms with Crippen LogP contribution in [-0.4, -0.2) is 18.8 Å². The van der Waals surface area contributed by atoms with Crippen LogP contribution in [0.2, 0.25) is 0 Å². The molecule has 1 unspecified atom stereocenters. The standard InChI is InChI=1S/C17H29NO2/c1-4-12-18-16(15-7-6-13-19-15)17(20-5-2)10-8-14(3)9-11-17/h6-7,13-14,16,18H,4-5,8-12H2,1-3H3. The Labute approximate surface area is 123 Å². The highest BCUT2D eigenvalue weighted by Crippen LogP contribution is 2.43. The van der Waals surface area contributed by atoms with Gasteiger partial charge in [-0.2, -0.15) is 0 Å². The number of nitrogens with one attached hydrogen (secondary N) is 1. The molecule has 1 aromatic heterocycles. The molecular weight excluding hydrogens is 250 g/mol. The molecule has 1 heterocycles. The molecule has 0 saturated heterocycles.